The van der Waals surface area contributed by atoms with Crippen LogP contribution in [0.3, 0.4) is 0 Å². The summed E-state index contributed by atoms with van der Waals surface area (Å²) in [7, 11) is 0. The molecule has 3 atom stereocenters. The molecule has 1 aliphatic carbocycles. The minimum Gasteiger partial charge on any atom is -0.344 e. The van der Waals surface area contributed by atoms with E-state index in [-0.39, 0.29) is 29.8 Å². The summed E-state index contributed by atoms with van der Waals surface area (Å²) < 4.78 is 0. The first kappa shape index (κ1) is 14.1. The monoisotopic (exact) mass is 264 g/mol. The van der Waals surface area contributed by atoms with E-state index in [0.717, 1.165) is 25.7 Å². The van der Waals surface area contributed by atoms with Gasteiger partial charge < -0.3 is 10.2 Å². The summed E-state index contributed by atoms with van der Waals surface area (Å²) in [6.07, 6.45) is 8.63. The number of carbonyl (C=O) groups is 2. The highest BCUT2D eigenvalue weighted by Gasteiger charge is 2.35. The van der Waals surface area contributed by atoms with Crippen molar-refractivity contribution in [2.75, 3.05) is 6.54 Å². The van der Waals surface area contributed by atoms with Crippen molar-refractivity contribution in [3.05, 3.63) is 12.2 Å². The van der Waals surface area contributed by atoms with E-state index < -0.39 is 0 Å². The maximum Gasteiger partial charge on any atom is 0.245 e. The second kappa shape index (κ2) is 6.22. The third-order valence-electron chi connectivity index (χ3n) is 4.34. The summed E-state index contributed by atoms with van der Waals surface area (Å²) in [6, 6.07) is -0.0670. The lowest BCUT2D eigenvalue weighted by Crippen LogP contribution is -2.51. The third kappa shape index (κ3) is 3.17. The highest BCUT2D eigenvalue weighted by atomic mass is 16.2. The van der Waals surface area contributed by atoms with Crippen LogP contribution >= 0.6 is 0 Å². The fourth-order valence-electron chi connectivity index (χ4n) is 2.86. The molecule has 3 unspecified atom stereocenters. The zero-order valence-electron chi connectivity index (χ0n) is 11.9. The van der Waals surface area contributed by atoms with E-state index in [4.69, 9.17) is 0 Å². The third-order valence-corrected chi connectivity index (χ3v) is 4.34. The van der Waals surface area contributed by atoms with Gasteiger partial charge in [0.05, 0.1) is 0 Å². The number of carbonyl (C=O) groups excluding carboxylic acids is 2. The van der Waals surface area contributed by atoms with Crippen molar-refractivity contribution in [3.8, 4) is 0 Å². The van der Waals surface area contributed by atoms with Gasteiger partial charge in [0.15, 0.2) is 0 Å². The highest BCUT2D eigenvalue weighted by molar-refractivity contribution is 5.90. The Kier molecular flexibility index (Phi) is 4.61. The lowest BCUT2D eigenvalue weighted by molar-refractivity contribution is -0.137. The van der Waals surface area contributed by atoms with Crippen molar-refractivity contribution in [2.24, 2.45) is 5.92 Å². The average molecular weight is 264 g/mol. The number of hydrogen-bond acceptors (Lipinski definition) is 2. The molecular weight excluding hydrogens is 240 g/mol. The van der Waals surface area contributed by atoms with Crippen LogP contribution in [0.1, 0.15) is 46.0 Å². The number of allylic oxidation sites excluding steroid dienone is 1. The zero-order valence-corrected chi connectivity index (χ0v) is 11.9. The first-order valence-electron chi connectivity index (χ1n) is 7.38. The summed E-state index contributed by atoms with van der Waals surface area (Å²) in [5, 5.41) is 2.90. The van der Waals surface area contributed by atoms with Crippen LogP contribution in [0.4, 0.5) is 0 Å². The molecule has 0 saturated carbocycles. The second-order valence-corrected chi connectivity index (χ2v) is 5.65. The number of nitrogens with one attached hydrogen (secondary N) is 1. The van der Waals surface area contributed by atoms with E-state index in [2.05, 4.69) is 24.4 Å². The van der Waals surface area contributed by atoms with Crippen molar-refractivity contribution in [1.29, 1.82) is 0 Å². The Bertz CT molecular complexity index is 378. The Morgan fingerprint density at radius 1 is 1.42 bits per heavy atom. The maximum atomic E-state index is 12.7. The van der Waals surface area contributed by atoms with Gasteiger partial charge in [-0.15, -0.1) is 0 Å². The van der Waals surface area contributed by atoms with Gasteiger partial charge in [0.25, 0.3) is 0 Å². The Labute approximate surface area is 115 Å². The summed E-state index contributed by atoms with van der Waals surface area (Å²) in [4.78, 5) is 26.4. The molecule has 0 aromatic heterocycles. The number of rotatable bonds is 3. The molecule has 1 heterocycles. The second-order valence-electron chi connectivity index (χ2n) is 5.65. The Morgan fingerprint density at radius 3 is 2.84 bits per heavy atom. The van der Waals surface area contributed by atoms with Crippen LogP contribution < -0.4 is 5.32 Å². The number of hydrogen-bond donors (Lipinski definition) is 1. The van der Waals surface area contributed by atoms with Crippen LogP contribution in [0, 0.1) is 5.92 Å². The number of amides is 2. The van der Waals surface area contributed by atoms with Gasteiger partial charge in [-0.25, -0.2) is 0 Å². The molecule has 0 radical (unpaired) electrons. The van der Waals surface area contributed by atoms with Crippen LogP contribution in [0.2, 0.25) is 0 Å². The van der Waals surface area contributed by atoms with Crippen LogP contribution in [0.25, 0.3) is 0 Å². The van der Waals surface area contributed by atoms with Crippen molar-refractivity contribution in [3.63, 3.8) is 0 Å². The summed E-state index contributed by atoms with van der Waals surface area (Å²) in [5.74, 6) is 0.309. The van der Waals surface area contributed by atoms with Crippen LogP contribution in [0.15, 0.2) is 12.2 Å². The summed E-state index contributed by atoms with van der Waals surface area (Å²) in [6.45, 7) is 4.66. The van der Waals surface area contributed by atoms with Gasteiger partial charge in [0.2, 0.25) is 11.8 Å². The minimum atomic E-state index is -0.342. The van der Waals surface area contributed by atoms with E-state index in [1.165, 1.54) is 0 Å². The zero-order chi connectivity index (χ0) is 13.8. The molecule has 0 aromatic carbocycles. The van der Waals surface area contributed by atoms with E-state index in [0.29, 0.717) is 13.0 Å². The van der Waals surface area contributed by atoms with Gasteiger partial charge in [-0.05, 0) is 25.2 Å². The van der Waals surface area contributed by atoms with Crippen LogP contribution in [0.5, 0.6) is 0 Å². The Morgan fingerprint density at radius 2 is 2.21 bits per heavy atom. The first-order chi connectivity index (χ1) is 9.13. The molecule has 0 spiro atoms. The van der Waals surface area contributed by atoms with Crippen molar-refractivity contribution in [2.45, 2.75) is 58.0 Å². The lowest BCUT2D eigenvalue weighted by Gasteiger charge is -2.34. The SMILES string of the molecule is CCC(C)C1NC(=O)CCN(C2CC=CCC2)C1=O. The fourth-order valence-corrected chi connectivity index (χ4v) is 2.86. The quantitative estimate of drug-likeness (QED) is 0.791. The predicted molar refractivity (Wildman–Crippen MR) is 74.5 cm³/mol. The standard InChI is InChI=1S/C15H24N2O2/c1-3-11(2)14-15(19)17(10-9-13(18)16-14)12-7-5-4-6-8-12/h4-5,11-12,14H,3,6-10H2,1-2H3,(H,16,18). The molecule has 1 N–H and O–H groups in total. The van der Waals surface area contributed by atoms with Gasteiger partial charge in [-0.1, -0.05) is 32.4 Å². The molecule has 19 heavy (non-hydrogen) atoms. The van der Waals surface area contributed by atoms with E-state index >= 15 is 0 Å². The smallest absolute Gasteiger partial charge is 0.245 e. The molecule has 0 bridgehead atoms. The molecule has 0 aromatic rings. The minimum absolute atomic E-state index is 0.00695. The van der Waals surface area contributed by atoms with Gasteiger partial charge in [-0.2, -0.15) is 0 Å². The summed E-state index contributed by atoms with van der Waals surface area (Å²) >= 11 is 0. The predicted octanol–water partition coefficient (Wildman–Crippen LogP) is 1.86. The molecule has 4 heteroatoms. The Balaban J connectivity index is 2.15. The topological polar surface area (TPSA) is 49.4 Å². The molecule has 1 saturated heterocycles. The highest BCUT2D eigenvalue weighted by Crippen LogP contribution is 2.22. The van der Waals surface area contributed by atoms with Gasteiger partial charge in [0.1, 0.15) is 6.04 Å². The molecule has 2 aliphatic rings. The fraction of sp³-hybridized carbons (Fsp3) is 0.733. The van der Waals surface area contributed by atoms with Crippen molar-refractivity contribution >= 4 is 11.8 Å². The molecule has 106 valence electrons. The lowest BCUT2D eigenvalue weighted by atomic mass is 9.95. The molecule has 1 fully saturated rings. The van der Waals surface area contributed by atoms with Gasteiger partial charge in [0, 0.05) is 19.0 Å². The molecule has 1 aliphatic heterocycles. The molecule has 4 nitrogen and oxygen atoms in total. The van der Waals surface area contributed by atoms with Crippen LogP contribution in [-0.2, 0) is 9.59 Å². The average Bonchev–Trinajstić information content (AvgIpc) is 2.59. The number of nitrogens with zero attached hydrogens (tertiary/aromatic N) is 1. The van der Waals surface area contributed by atoms with Crippen LogP contribution in [-0.4, -0.2) is 35.3 Å². The van der Waals surface area contributed by atoms with Crippen molar-refractivity contribution in [1.82, 2.24) is 10.2 Å². The normalized spacial score (nSPS) is 29.9. The molecule has 2 amide bonds. The largest absolute Gasteiger partial charge is 0.344 e. The van der Waals surface area contributed by atoms with Crippen molar-refractivity contribution < 1.29 is 9.59 Å². The Hall–Kier alpha value is -1.32. The van der Waals surface area contributed by atoms with Gasteiger partial charge in [-0.3, -0.25) is 9.59 Å². The van der Waals surface area contributed by atoms with E-state index in [1.54, 1.807) is 0 Å². The molecular formula is C15H24N2O2. The molecule has 2 rings (SSSR count). The maximum absolute atomic E-state index is 12.7. The first-order valence-corrected chi connectivity index (χ1v) is 7.38. The summed E-state index contributed by atoms with van der Waals surface area (Å²) in [5.41, 5.74) is 0. The van der Waals surface area contributed by atoms with Gasteiger partial charge >= 0.3 is 0 Å². The van der Waals surface area contributed by atoms with E-state index in [9.17, 15) is 9.59 Å². The van der Waals surface area contributed by atoms with E-state index in [1.807, 2.05) is 11.8 Å².